The molecule has 0 saturated carbocycles. The maximum atomic E-state index is 12.7. The normalized spacial score (nSPS) is 15.9. The highest BCUT2D eigenvalue weighted by Crippen LogP contribution is 2.19. The topological polar surface area (TPSA) is 82.5 Å². The van der Waals surface area contributed by atoms with E-state index in [-0.39, 0.29) is 18.0 Å². The zero-order chi connectivity index (χ0) is 19.9. The number of carbonyl (C=O) groups excluding carboxylic acids is 2. The third-order valence-electron chi connectivity index (χ3n) is 4.94. The number of nitrogens with zero attached hydrogens (tertiary/aromatic N) is 4. The van der Waals surface area contributed by atoms with Gasteiger partial charge >= 0.3 is 6.03 Å². The maximum Gasteiger partial charge on any atom is 0.321 e. The Morgan fingerprint density at radius 3 is 2.57 bits per heavy atom. The van der Waals surface area contributed by atoms with Crippen molar-refractivity contribution in [2.45, 2.75) is 26.3 Å². The number of nitrogens with one attached hydrogen (secondary N) is 2. The fraction of sp³-hybridized carbons (Fsp3) is 0.450. The Kier molecular flexibility index (Phi) is 6.65. The van der Waals surface area contributed by atoms with Crippen LogP contribution in [0.4, 0.5) is 10.5 Å². The van der Waals surface area contributed by atoms with Crippen molar-refractivity contribution in [3.63, 3.8) is 0 Å². The lowest BCUT2D eigenvalue weighted by molar-refractivity contribution is -0.123. The van der Waals surface area contributed by atoms with Gasteiger partial charge in [0.2, 0.25) is 5.91 Å². The van der Waals surface area contributed by atoms with Gasteiger partial charge in [0.1, 0.15) is 0 Å². The number of hydrogen-bond acceptors (Lipinski definition) is 4. The lowest BCUT2D eigenvalue weighted by atomic mass is 10.2. The number of anilines is 1. The van der Waals surface area contributed by atoms with Crippen molar-refractivity contribution in [3.8, 4) is 5.69 Å². The average Bonchev–Trinajstić information content (AvgIpc) is 3.23. The molecule has 28 heavy (non-hydrogen) atoms. The van der Waals surface area contributed by atoms with Gasteiger partial charge in [-0.15, -0.1) is 0 Å². The van der Waals surface area contributed by atoms with Gasteiger partial charge in [0.15, 0.2) is 0 Å². The van der Waals surface area contributed by atoms with E-state index in [0.29, 0.717) is 38.4 Å². The Balaban J connectivity index is 1.52. The van der Waals surface area contributed by atoms with Gasteiger partial charge in [-0.05, 0) is 31.5 Å². The molecule has 0 radical (unpaired) electrons. The molecule has 150 valence electrons. The lowest BCUT2D eigenvalue weighted by Crippen LogP contribution is -2.52. The number of amides is 3. The minimum atomic E-state index is -0.136. The van der Waals surface area contributed by atoms with Crippen LogP contribution in [0.5, 0.6) is 0 Å². The summed E-state index contributed by atoms with van der Waals surface area (Å²) in [6, 6.07) is 9.47. The van der Waals surface area contributed by atoms with Crippen molar-refractivity contribution in [2.24, 2.45) is 0 Å². The van der Waals surface area contributed by atoms with Crippen LogP contribution < -0.4 is 10.6 Å². The van der Waals surface area contributed by atoms with Gasteiger partial charge in [0.25, 0.3) is 0 Å². The van der Waals surface area contributed by atoms with E-state index >= 15 is 0 Å². The number of benzene rings is 1. The summed E-state index contributed by atoms with van der Waals surface area (Å²) in [6.45, 7) is 6.97. The van der Waals surface area contributed by atoms with Crippen LogP contribution in [0.3, 0.4) is 0 Å². The molecule has 1 fully saturated rings. The summed E-state index contributed by atoms with van der Waals surface area (Å²) in [7, 11) is 0. The number of urea groups is 1. The van der Waals surface area contributed by atoms with E-state index in [1.165, 1.54) is 0 Å². The number of piperazine rings is 1. The van der Waals surface area contributed by atoms with Gasteiger partial charge in [-0.3, -0.25) is 9.69 Å². The first-order chi connectivity index (χ1) is 13.6. The maximum absolute atomic E-state index is 12.7. The quantitative estimate of drug-likeness (QED) is 0.797. The van der Waals surface area contributed by atoms with E-state index < -0.39 is 0 Å². The molecule has 1 aromatic carbocycles. The van der Waals surface area contributed by atoms with E-state index in [2.05, 4.69) is 20.6 Å². The first-order valence-corrected chi connectivity index (χ1v) is 9.73. The Morgan fingerprint density at radius 2 is 1.89 bits per heavy atom. The van der Waals surface area contributed by atoms with Crippen LogP contribution >= 0.6 is 0 Å². The van der Waals surface area contributed by atoms with Gasteiger partial charge in [0, 0.05) is 44.6 Å². The molecule has 1 aliphatic rings. The molecule has 1 saturated heterocycles. The molecule has 1 aromatic heterocycles. The second kappa shape index (κ2) is 9.36. The second-order valence-electron chi connectivity index (χ2n) is 7.04. The summed E-state index contributed by atoms with van der Waals surface area (Å²) in [6.07, 6.45) is 4.46. The minimum Gasteiger partial charge on any atom is -0.353 e. The lowest BCUT2D eigenvalue weighted by Gasteiger charge is -2.34. The van der Waals surface area contributed by atoms with Crippen LogP contribution in [-0.2, 0) is 4.79 Å². The number of rotatable bonds is 6. The minimum absolute atomic E-state index is 0.0420. The Bertz CT molecular complexity index is 784. The van der Waals surface area contributed by atoms with E-state index in [4.69, 9.17) is 0 Å². The largest absolute Gasteiger partial charge is 0.353 e. The predicted molar refractivity (Wildman–Crippen MR) is 108 cm³/mol. The van der Waals surface area contributed by atoms with Crippen molar-refractivity contribution in [1.29, 1.82) is 0 Å². The number of para-hydroxylation sites is 2. The molecule has 3 amide bonds. The Morgan fingerprint density at radius 1 is 1.14 bits per heavy atom. The van der Waals surface area contributed by atoms with E-state index in [1.54, 1.807) is 15.8 Å². The fourth-order valence-electron chi connectivity index (χ4n) is 3.12. The molecule has 3 rings (SSSR count). The molecular weight excluding hydrogens is 356 g/mol. The predicted octanol–water partition coefficient (Wildman–Crippen LogP) is 1.94. The molecule has 0 spiro atoms. The molecule has 2 heterocycles. The van der Waals surface area contributed by atoms with Crippen molar-refractivity contribution in [2.75, 3.05) is 38.0 Å². The van der Waals surface area contributed by atoms with Crippen LogP contribution in [0.2, 0.25) is 0 Å². The SMILES string of the molecule is CC[C@@H](C)NC(=O)CN1CCN(C(=O)Nc2ccccc2-n2cccn2)CC1. The molecule has 2 aromatic rings. The van der Waals surface area contributed by atoms with Crippen molar-refractivity contribution >= 4 is 17.6 Å². The standard InChI is InChI=1S/C20H28N6O2/c1-3-16(2)22-19(27)15-24-11-13-25(14-12-24)20(28)23-17-7-4-5-8-18(17)26-10-6-9-21-26/h4-10,16H,3,11-15H2,1-2H3,(H,22,27)(H,23,28)/t16-/m1/s1. The number of aromatic nitrogens is 2. The monoisotopic (exact) mass is 384 g/mol. The molecule has 0 aliphatic carbocycles. The summed E-state index contributed by atoms with van der Waals surface area (Å²) in [5, 5.41) is 10.2. The summed E-state index contributed by atoms with van der Waals surface area (Å²) < 4.78 is 1.73. The van der Waals surface area contributed by atoms with Gasteiger partial charge in [-0.25, -0.2) is 9.48 Å². The van der Waals surface area contributed by atoms with Crippen molar-refractivity contribution < 1.29 is 9.59 Å². The number of carbonyl (C=O) groups is 2. The molecular formula is C20H28N6O2. The average molecular weight is 384 g/mol. The van der Waals surface area contributed by atoms with Crippen LogP contribution in [-0.4, -0.2) is 70.3 Å². The van der Waals surface area contributed by atoms with E-state index in [1.807, 2.05) is 50.4 Å². The molecule has 2 N–H and O–H groups in total. The summed E-state index contributed by atoms with van der Waals surface area (Å²) in [5.41, 5.74) is 1.53. The molecule has 8 nitrogen and oxygen atoms in total. The van der Waals surface area contributed by atoms with Crippen LogP contribution in [0.15, 0.2) is 42.7 Å². The van der Waals surface area contributed by atoms with Crippen molar-refractivity contribution in [1.82, 2.24) is 24.9 Å². The van der Waals surface area contributed by atoms with Gasteiger partial charge in [-0.1, -0.05) is 19.1 Å². The van der Waals surface area contributed by atoms with Crippen LogP contribution in [0, 0.1) is 0 Å². The first-order valence-electron chi connectivity index (χ1n) is 9.73. The zero-order valence-electron chi connectivity index (χ0n) is 16.5. The molecule has 0 bridgehead atoms. The van der Waals surface area contributed by atoms with Crippen molar-refractivity contribution in [3.05, 3.63) is 42.7 Å². The Labute approximate surface area is 165 Å². The third-order valence-corrected chi connectivity index (χ3v) is 4.94. The van der Waals surface area contributed by atoms with E-state index in [9.17, 15) is 9.59 Å². The van der Waals surface area contributed by atoms with Crippen LogP contribution in [0.25, 0.3) is 5.69 Å². The van der Waals surface area contributed by atoms with E-state index in [0.717, 1.165) is 12.1 Å². The van der Waals surface area contributed by atoms with Gasteiger partial charge in [-0.2, -0.15) is 5.10 Å². The van der Waals surface area contributed by atoms with Gasteiger partial charge < -0.3 is 15.5 Å². The highest BCUT2D eigenvalue weighted by molar-refractivity contribution is 5.91. The smallest absolute Gasteiger partial charge is 0.321 e. The Hall–Kier alpha value is -2.87. The number of hydrogen-bond donors (Lipinski definition) is 2. The molecule has 8 heteroatoms. The highest BCUT2D eigenvalue weighted by atomic mass is 16.2. The molecule has 1 aliphatic heterocycles. The highest BCUT2D eigenvalue weighted by Gasteiger charge is 2.23. The first kappa shape index (κ1) is 19.9. The summed E-state index contributed by atoms with van der Waals surface area (Å²) >= 11 is 0. The zero-order valence-corrected chi connectivity index (χ0v) is 16.5. The second-order valence-corrected chi connectivity index (χ2v) is 7.04. The summed E-state index contributed by atoms with van der Waals surface area (Å²) in [4.78, 5) is 28.6. The third kappa shape index (κ3) is 5.10. The van der Waals surface area contributed by atoms with Gasteiger partial charge in [0.05, 0.1) is 17.9 Å². The summed E-state index contributed by atoms with van der Waals surface area (Å²) in [5.74, 6) is 0.0420. The molecule has 1 atom stereocenters. The fourth-order valence-corrected chi connectivity index (χ4v) is 3.12. The molecule has 0 unspecified atom stereocenters. The van der Waals surface area contributed by atoms with Crippen LogP contribution in [0.1, 0.15) is 20.3 Å².